The molecule has 0 saturated carbocycles. The third-order valence-corrected chi connectivity index (χ3v) is 4.09. The number of piperidine rings is 1. The van der Waals surface area contributed by atoms with E-state index in [-0.39, 0.29) is 6.09 Å². The van der Waals surface area contributed by atoms with Gasteiger partial charge in [0.25, 0.3) is 0 Å². The Balaban J connectivity index is 1.63. The zero-order valence-electron chi connectivity index (χ0n) is 15.1. The number of allylic oxidation sites excluding steroid dienone is 1. The summed E-state index contributed by atoms with van der Waals surface area (Å²) in [6.07, 6.45) is 6.59. The van der Waals surface area contributed by atoms with Gasteiger partial charge in [0.05, 0.1) is 0 Å². The molecule has 1 aromatic carbocycles. The second-order valence-electron chi connectivity index (χ2n) is 7.38. The molecule has 1 amide bonds. The minimum atomic E-state index is -0.437. The third-order valence-electron chi connectivity index (χ3n) is 4.09. The van der Waals surface area contributed by atoms with Crippen molar-refractivity contribution in [2.45, 2.75) is 39.2 Å². The van der Waals surface area contributed by atoms with Crippen LogP contribution in [0, 0.1) is 5.92 Å². The van der Waals surface area contributed by atoms with Crippen molar-refractivity contribution in [3.63, 3.8) is 0 Å². The van der Waals surface area contributed by atoms with Crippen LogP contribution in [-0.4, -0.2) is 42.8 Å². The Bertz CT molecular complexity index is 526. The number of benzene rings is 1. The molecule has 1 fully saturated rings. The normalized spacial score (nSPS) is 17.1. The van der Waals surface area contributed by atoms with Crippen LogP contribution < -0.4 is 5.32 Å². The van der Waals surface area contributed by atoms with Gasteiger partial charge in [0, 0.05) is 13.1 Å². The van der Waals surface area contributed by atoms with Gasteiger partial charge in [0.15, 0.2) is 0 Å². The maximum atomic E-state index is 11.6. The summed E-state index contributed by atoms with van der Waals surface area (Å²) in [4.78, 5) is 14.0. The Morgan fingerprint density at radius 2 is 1.92 bits per heavy atom. The zero-order chi connectivity index (χ0) is 17.4. The summed E-state index contributed by atoms with van der Waals surface area (Å²) in [6.45, 7) is 9.31. The van der Waals surface area contributed by atoms with Crippen LogP contribution in [0.2, 0.25) is 0 Å². The highest BCUT2D eigenvalue weighted by molar-refractivity contribution is 5.67. The number of rotatable bonds is 5. The van der Waals surface area contributed by atoms with E-state index in [2.05, 4.69) is 46.6 Å². The first-order valence-electron chi connectivity index (χ1n) is 8.85. The van der Waals surface area contributed by atoms with Crippen LogP contribution in [0.5, 0.6) is 0 Å². The number of hydrogen-bond donors (Lipinski definition) is 1. The molecule has 1 aromatic rings. The van der Waals surface area contributed by atoms with Crippen LogP contribution in [0.15, 0.2) is 36.4 Å². The lowest BCUT2D eigenvalue weighted by Crippen LogP contribution is -2.40. The zero-order valence-corrected chi connectivity index (χ0v) is 15.1. The largest absolute Gasteiger partial charge is 0.444 e. The molecule has 132 valence electrons. The molecule has 4 heteroatoms. The van der Waals surface area contributed by atoms with Crippen molar-refractivity contribution < 1.29 is 9.53 Å². The van der Waals surface area contributed by atoms with E-state index < -0.39 is 5.60 Å². The second-order valence-corrected chi connectivity index (χ2v) is 7.38. The molecule has 0 radical (unpaired) electrons. The molecular formula is C20H30N2O2. The van der Waals surface area contributed by atoms with Gasteiger partial charge in [0.1, 0.15) is 5.60 Å². The van der Waals surface area contributed by atoms with Gasteiger partial charge in [-0.3, -0.25) is 0 Å². The van der Waals surface area contributed by atoms with Gasteiger partial charge in [-0.2, -0.15) is 0 Å². The number of nitrogens with zero attached hydrogens (tertiary/aromatic N) is 1. The Labute approximate surface area is 145 Å². The first-order valence-corrected chi connectivity index (χ1v) is 8.85. The van der Waals surface area contributed by atoms with E-state index >= 15 is 0 Å². The van der Waals surface area contributed by atoms with E-state index in [4.69, 9.17) is 4.74 Å². The van der Waals surface area contributed by atoms with Gasteiger partial charge >= 0.3 is 6.09 Å². The SMILES string of the molecule is CC(C)(C)OC(=O)NCCN1CCC(/C=C\c2ccccc2)CC1. The number of nitrogens with one attached hydrogen (secondary N) is 1. The van der Waals surface area contributed by atoms with Gasteiger partial charge in [-0.05, 0) is 58.2 Å². The molecule has 4 nitrogen and oxygen atoms in total. The summed E-state index contributed by atoms with van der Waals surface area (Å²) < 4.78 is 5.24. The molecule has 0 aliphatic carbocycles. The molecular weight excluding hydrogens is 300 g/mol. The van der Waals surface area contributed by atoms with Gasteiger partial charge in [-0.25, -0.2) is 4.79 Å². The first-order chi connectivity index (χ1) is 11.4. The lowest BCUT2D eigenvalue weighted by Gasteiger charge is -2.30. The molecule has 0 atom stereocenters. The van der Waals surface area contributed by atoms with Crippen LogP contribution in [-0.2, 0) is 4.74 Å². The van der Waals surface area contributed by atoms with Crippen LogP contribution in [0.3, 0.4) is 0 Å². The highest BCUT2D eigenvalue weighted by Crippen LogP contribution is 2.19. The fourth-order valence-corrected chi connectivity index (χ4v) is 2.81. The predicted molar refractivity (Wildman–Crippen MR) is 98.9 cm³/mol. The van der Waals surface area contributed by atoms with Crippen molar-refractivity contribution in [3.8, 4) is 0 Å². The second kappa shape index (κ2) is 8.88. The Morgan fingerprint density at radius 1 is 1.25 bits per heavy atom. The van der Waals surface area contributed by atoms with Crippen molar-refractivity contribution in [2.24, 2.45) is 5.92 Å². The van der Waals surface area contributed by atoms with E-state index in [1.807, 2.05) is 26.8 Å². The highest BCUT2D eigenvalue weighted by atomic mass is 16.6. The number of likely N-dealkylation sites (tertiary alicyclic amines) is 1. The van der Waals surface area contributed by atoms with Crippen molar-refractivity contribution in [2.75, 3.05) is 26.2 Å². The number of alkyl carbamates (subject to hydrolysis) is 1. The molecule has 0 bridgehead atoms. The number of ether oxygens (including phenoxy) is 1. The lowest BCUT2D eigenvalue weighted by atomic mass is 9.95. The van der Waals surface area contributed by atoms with E-state index in [1.54, 1.807) is 0 Å². The molecule has 1 saturated heterocycles. The van der Waals surface area contributed by atoms with E-state index in [9.17, 15) is 4.79 Å². The monoisotopic (exact) mass is 330 g/mol. The molecule has 0 aromatic heterocycles. The van der Waals surface area contributed by atoms with Gasteiger partial charge in [-0.15, -0.1) is 0 Å². The fourth-order valence-electron chi connectivity index (χ4n) is 2.81. The van der Waals surface area contributed by atoms with Crippen molar-refractivity contribution in [1.82, 2.24) is 10.2 Å². The minimum Gasteiger partial charge on any atom is -0.444 e. The Kier molecular flexibility index (Phi) is 6.85. The molecule has 1 N–H and O–H groups in total. The minimum absolute atomic E-state index is 0.330. The maximum absolute atomic E-state index is 11.6. The average molecular weight is 330 g/mol. The van der Waals surface area contributed by atoms with E-state index in [0.29, 0.717) is 12.5 Å². The molecule has 0 unspecified atom stereocenters. The van der Waals surface area contributed by atoms with Gasteiger partial charge < -0.3 is 15.0 Å². The summed E-state index contributed by atoms with van der Waals surface area (Å²) in [6, 6.07) is 10.4. The predicted octanol–water partition coefficient (Wildman–Crippen LogP) is 3.94. The molecule has 2 rings (SSSR count). The third kappa shape index (κ3) is 7.18. The highest BCUT2D eigenvalue weighted by Gasteiger charge is 2.18. The summed E-state index contributed by atoms with van der Waals surface area (Å²) in [5.74, 6) is 0.653. The average Bonchev–Trinajstić information content (AvgIpc) is 2.53. The topological polar surface area (TPSA) is 41.6 Å². The number of amides is 1. The van der Waals surface area contributed by atoms with Crippen molar-refractivity contribution in [1.29, 1.82) is 0 Å². The number of hydrogen-bond acceptors (Lipinski definition) is 3. The fraction of sp³-hybridized carbons (Fsp3) is 0.550. The lowest BCUT2D eigenvalue weighted by molar-refractivity contribution is 0.0520. The van der Waals surface area contributed by atoms with E-state index in [1.165, 1.54) is 18.4 Å². The summed E-state index contributed by atoms with van der Waals surface area (Å²) >= 11 is 0. The van der Waals surface area contributed by atoms with Crippen LogP contribution >= 0.6 is 0 Å². The molecule has 0 spiro atoms. The van der Waals surface area contributed by atoms with Gasteiger partial charge in [-0.1, -0.05) is 42.5 Å². The summed E-state index contributed by atoms with van der Waals surface area (Å²) in [7, 11) is 0. The Hall–Kier alpha value is -1.81. The quantitative estimate of drug-likeness (QED) is 0.889. The summed E-state index contributed by atoms with van der Waals surface area (Å²) in [5, 5.41) is 2.83. The molecule has 1 aliphatic rings. The molecule has 24 heavy (non-hydrogen) atoms. The molecule has 1 heterocycles. The standard InChI is InChI=1S/C20H30N2O2/c1-20(2,3)24-19(23)21-13-16-22-14-11-18(12-15-22)10-9-17-7-5-4-6-8-17/h4-10,18H,11-16H2,1-3H3,(H,21,23)/b10-9-. The van der Waals surface area contributed by atoms with E-state index in [0.717, 1.165) is 19.6 Å². The maximum Gasteiger partial charge on any atom is 0.407 e. The summed E-state index contributed by atoms with van der Waals surface area (Å²) in [5.41, 5.74) is 0.828. The smallest absolute Gasteiger partial charge is 0.407 e. The Morgan fingerprint density at radius 3 is 2.54 bits per heavy atom. The van der Waals surface area contributed by atoms with Crippen molar-refractivity contribution >= 4 is 12.2 Å². The van der Waals surface area contributed by atoms with Crippen LogP contribution in [0.4, 0.5) is 4.79 Å². The molecule has 1 aliphatic heterocycles. The van der Waals surface area contributed by atoms with Crippen LogP contribution in [0.1, 0.15) is 39.2 Å². The number of carbonyl (C=O) groups is 1. The van der Waals surface area contributed by atoms with Crippen molar-refractivity contribution in [3.05, 3.63) is 42.0 Å². The first kappa shape index (κ1) is 18.5. The number of carbonyl (C=O) groups excluding carboxylic acids is 1. The van der Waals surface area contributed by atoms with Gasteiger partial charge in [0.2, 0.25) is 0 Å². The van der Waals surface area contributed by atoms with Crippen LogP contribution in [0.25, 0.3) is 6.08 Å².